The first-order valence-electron chi connectivity index (χ1n) is 21.5. The molecule has 2 aromatic heterocycles. The van der Waals surface area contributed by atoms with Gasteiger partial charge in [0, 0.05) is 79.6 Å². The molecule has 1 aromatic carbocycles. The molecule has 4 aliphatic heterocycles. The molecule has 0 radical (unpaired) electrons. The van der Waals surface area contributed by atoms with Crippen LogP contribution >= 0.6 is 11.8 Å². The molecule has 1 saturated carbocycles. The van der Waals surface area contributed by atoms with E-state index in [4.69, 9.17) is 28.9 Å². The Bertz CT molecular complexity index is 2070. The van der Waals surface area contributed by atoms with Crippen LogP contribution in [-0.4, -0.2) is 101 Å². The number of nitrogens with one attached hydrogen (secondary N) is 2. The number of methoxy groups -OCH3 is 1. The molecule has 5 aliphatic rings. The lowest BCUT2D eigenvalue weighted by Crippen LogP contribution is -2.60. The fourth-order valence-corrected chi connectivity index (χ4v) is 10.4. The highest BCUT2D eigenvalue weighted by Gasteiger charge is 2.49. The predicted octanol–water partition coefficient (Wildman–Crippen LogP) is 6.19. The number of hydrogen-bond acceptors (Lipinski definition) is 11. The molecule has 8 rings (SSSR count). The number of thioether (sulfide) groups is 1. The molecule has 6 heterocycles. The molecule has 3 aromatic rings. The molecule has 3 fully saturated rings. The summed E-state index contributed by atoms with van der Waals surface area (Å²) in [7, 11) is 1.71. The van der Waals surface area contributed by atoms with Gasteiger partial charge in [0.1, 0.15) is 12.1 Å². The van der Waals surface area contributed by atoms with Crippen LogP contribution in [-0.2, 0) is 46.3 Å². The number of esters is 1. The highest BCUT2D eigenvalue weighted by Crippen LogP contribution is 2.46. The second-order valence-corrected chi connectivity index (χ2v) is 19.0. The zero-order valence-electron chi connectivity index (χ0n) is 35.3. The maximum absolute atomic E-state index is 14.2. The molecular weight excluding hydrogens is 769 g/mol. The number of rotatable bonds is 9. The van der Waals surface area contributed by atoms with Gasteiger partial charge in [-0.1, -0.05) is 33.8 Å². The minimum absolute atomic E-state index is 0.103. The van der Waals surface area contributed by atoms with E-state index >= 15 is 0 Å². The number of hydrazine groups is 1. The first kappa shape index (κ1) is 41.9. The van der Waals surface area contributed by atoms with Crippen molar-refractivity contribution in [2.24, 2.45) is 28.2 Å². The Morgan fingerprint density at radius 1 is 1.14 bits per heavy atom. The largest absolute Gasteiger partial charge is 0.464 e. The Morgan fingerprint density at radius 3 is 2.69 bits per heavy atom. The van der Waals surface area contributed by atoms with E-state index in [2.05, 4.69) is 67.3 Å². The van der Waals surface area contributed by atoms with E-state index in [9.17, 15) is 14.4 Å². The third kappa shape index (κ3) is 8.98. The van der Waals surface area contributed by atoms with Gasteiger partial charge in [0.05, 0.1) is 47.9 Å². The average Bonchev–Trinajstić information content (AvgIpc) is 3.50. The van der Waals surface area contributed by atoms with E-state index in [1.165, 1.54) is 5.01 Å². The van der Waals surface area contributed by atoms with Crippen molar-refractivity contribution in [1.29, 1.82) is 0 Å². The number of amides is 2. The molecule has 7 atom stereocenters. The Kier molecular flexibility index (Phi) is 12.5. The summed E-state index contributed by atoms with van der Waals surface area (Å²) in [6.07, 6.45) is 5.55. The normalized spacial score (nSPS) is 28.2. The Balaban J connectivity index is 1.22. The van der Waals surface area contributed by atoms with Crippen molar-refractivity contribution in [3.63, 3.8) is 0 Å². The van der Waals surface area contributed by atoms with Gasteiger partial charge in [-0.2, -0.15) is 0 Å². The van der Waals surface area contributed by atoms with E-state index in [-0.39, 0.29) is 60.8 Å². The first-order valence-corrected chi connectivity index (χ1v) is 22.5. The summed E-state index contributed by atoms with van der Waals surface area (Å²) in [6.45, 7) is 13.6. The second-order valence-electron chi connectivity index (χ2n) is 17.9. The summed E-state index contributed by atoms with van der Waals surface area (Å²) in [5.74, 6) is 0.392. The van der Waals surface area contributed by atoms with Gasteiger partial charge in [0.15, 0.2) is 0 Å². The molecule has 13 nitrogen and oxygen atoms in total. The summed E-state index contributed by atoms with van der Waals surface area (Å²) in [5.41, 5.74) is 8.90. The number of benzene rings is 1. The molecule has 6 bridgehead atoms. The summed E-state index contributed by atoms with van der Waals surface area (Å²) in [4.78, 5) is 51.6. The maximum atomic E-state index is 14.2. The summed E-state index contributed by atoms with van der Waals surface area (Å²) < 4.78 is 26.5. The number of aromatic nitrogens is 2. The Labute approximate surface area is 351 Å². The van der Waals surface area contributed by atoms with Gasteiger partial charge in [-0.05, 0) is 86.3 Å². The van der Waals surface area contributed by atoms with Crippen molar-refractivity contribution >= 4 is 45.5 Å². The minimum Gasteiger partial charge on any atom is -0.464 e. The number of cyclic esters (lactones) is 1. The van der Waals surface area contributed by atoms with Crippen LogP contribution in [0.25, 0.3) is 22.2 Å². The van der Waals surface area contributed by atoms with Crippen LogP contribution in [0.15, 0.2) is 41.5 Å². The van der Waals surface area contributed by atoms with E-state index in [1.54, 1.807) is 18.9 Å². The lowest BCUT2D eigenvalue weighted by atomic mass is 9.84. The number of fused-ring (bicyclic) bond motifs is 5. The number of carbonyl (C=O) groups excluding carboxylic acids is 3. The molecule has 1 aliphatic carbocycles. The van der Waals surface area contributed by atoms with Crippen molar-refractivity contribution in [2.45, 2.75) is 110 Å². The van der Waals surface area contributed by atoms with Crippen LogP contribution in [0, 0.1) is 23.2 Å². The molecule has 318 valence electrons. The third-order valence-electron chi connectivity index (χ3n) is 13.1. The van der Waals surface area contributed by atoms with Crippen molar-refractivity contribution < 1.29 is 33.3 Å². The summed E-state index contributed by atoms with van der Waals surface area (Å²) >= 11 is 1.64. The van der Waals surface area contributed by atoms with E-state index < -0.39 is 23.5 Å². The standard InChI is InChI=1S/C45H60N6O7S/c1-26-27(2)39(26)42(52)48-35-22-38-47-36(24-59-38)29-11-12-37-32(21-29)33(23-45(4,5)25-58-44(54)34-10-8-16-51(49-34)43(35)53)41(31-9-7-15-46-40(31)28(3)55-6)50(37)17-20-57-30-13-18-56-19-14-30/h7,9,11-12,15,21,26-28,30,34-36,39,49H,8,10,13-14,16-20,22-25H2,1-6H3,(H,48,52)/t26-,27+,28-,34-,35-,36?,39?/m0/s1. The SMILES string of the molecule is CO[C@@H](C)c1ncccc1-c1c2c3cc(ccc3n1CCOC1CCOCC1)C1CSC(=N1)C[C@H](NC(=O)C1[C@@H](C)[C@H]1C)C(=O)N1CCC[C@H](N1)C(=O)OCC(C)(C)C2. The highest BCUT2D eigenvalue weighted by molar-refractivity contribution is 8.14. The van der Waals surface area contributed by atoms with E-state index in [0.717, 1.165) is 62.6 Å². The Hall–Kier alpha value is -3.82. The zero-order valence-corrected chi connectivity index (χ0v) is 36.1. The molecule has 0 spiro atoms. The van der Waals surface area contributed by atoms with Gasteiger partial charge in [0.25, 0.3) is 5.91 Å². The molecule has 14 heteroatoms. The fraction of sp³-hybridized carbons (Fsp3) is 0.622. The Morgan fingerprint density at radius 2 is 1.93 bits per heavy atom. The average molecular weight is 829 g/mol. The number of carbonyl (C=O) groups is 3. The van der Waals surface area contributed by atoms with Crippen LogP contribution in [0.5, 0.6) is 0 Å². The molecule has 2 unspecified atom stereocenters. The van der Waals surface area contributed by atoms with Crippen LogP contribution in [0.2, 0.25) is 0 Å². The van der Waals surface area contributed by atoms with Gasteiger partial charge >= 0.3 is 5.97 Å². The van der Waals surface area contributed by atoms with Crippen molar-refractivity contribution in [3.05, 3.63) is 53.3 Å². The quantitative estimate of drug-likeness (QED) is 0.240. The number of hydrogen-bond donors (Lipinski definition) is 2. The van der Waals surface area contributed by atoms with Gasteiger partial charge in [0.2, 0.25) is 5.91 Å². The molecule has 2 N–H and O–H groups in total. The monoisotopic (exact) mass is 828 g/mol. The fourth-order valence-electron chi connectivity index (χ4n) is 9.26. The smallest absolute Gasteiger partial charge is 0.324 e. The molecular formula is C45H60N6O7S. The number of nitrogens with zero attached hydrogens (tertiary/aromatic N) is 4. The van der Waals surface area contributed by atoms with Crippen LogP contribution < -0.4 is 10.7 Å². The molecule has 2 amide bonds. The van der Waals surface area contributed by atoms with E-state index in [0.29, 0.717) is 52.2 Å². The first-order chi connectivity index (χ1) is 28.4. The number of pyridine rings is 1. The third-order valence-corrected chi connectivity index (χ3v) is 14.2. The van der Waals surface area contributed by atoms with Gasteiger partial charge in [-0.25, -0.2) is 5.43 Å². The van der Waals surface area contributed by atoms with Crippen LogP contribution in [0.3, 0.4) is 0 Å². The maximum Gasteiger partial charge on any atom is 0.324 e. The molecule has 2 saturated heterocycles. The second kappa shape index (κ2) is 17.6. The van der Waals surface area contributed by atoms with Crippen LogP contribution in [0.4, 0.5) is 0 Å². The van der Waals surface area contributed by atoms with Crippen LogP contribution in [0.1, 0.15) is 95.7 Å². The summed E-state index contributed by atoms with van der Waals surface area (Å²) in [6, 6.07) is 9.14. The summed E-state index contributed by atoms with van der Waals surface area (Å²) in [5, 5.41) is 6.56. The number of ether oxygens (including phenoxy) is 4. The van der Waals surface area contributed by atoms with Crippen molar-refractivity contribution in [3.8, 4) is 11.3 Å². The van der Waals surface area contributed by atoms with Crippen molar-refractivity contribution in [2.75, 3.05) is 45.8 Å². The number of aliphatic imine (C=N–C) groups is 1. The van der Waals surface area contributed by atoms with Gasteiger partial charge < -0.3 is 28.8 Å². The highest BCUT2D eigenvalue weighted by atomic mass is 32.2. The lowest BCUT2D eigenvalue weighted by molar-refractivity contribution is -0.155. The predicted molar refractivity (Wildman–Crippen MR) is 228 cm³/mol. The minimum atomic E-state index is -0.815. The zero-order chi connectivity index (χ0) is 41.4. The van der Waals surface area contributed by atoms with Gasteiger partial charge in [-0.15, -0.1) is 11.8 Å². The topological polar surface area (TPSA) is 146 Å². The molecule has 59 heavy (non-hydrogen) atoms. The lowest BCUT2D eigenvalue weighted by Gasteiger charge is -2.35. The van der Waals surface area contributed by atoms with Crippen molar-refractivity contribution in [1.82, 2.24) is 25.3 Å². The van der Waals surface area contributed by atoms with E-state index in [1.807, 2.05) is 19.2 Å². The van der Waals surface area contributed by atoms with Gasteiger partial charge in [-0.3, -0.25) is 29.4 Å².